The molecule has 0 fully saturated rings. The van der Waals surface area contributed by atoms with Gasteiger partial charge >= 0.3 is 0 Å². The minimum Gasteiger partial charge on any atom is -0.366 e. The van der Waals surface area contributed by atoms with E-state index in [2.05, 4.69) is 31.0 Å². The fourth-order valence-electron chi connectivity index (χ4n) is 2.07. The van der Waals surface area contributed by atoms with E-state index in [4.69, 9.17) is 5.73 Å². The first-order chi connectivity index (χ1) is 9.70. The maximum Gasteiger partial charge on any atom is 0.155 e. The van der Waals surface area contributed by atoms with Crippen molar-refractivity contribution in [3.8, 4) is 0 Å². The van der Waals surface area contributed by atoms with Gasteiger partial charge in [0.05, 0.1) is 11.4 Å². The number of nitrogens with one attached hydrogen (secondary N) is 1. The summed E-state index contributed by atoms with van der Waals surface area (Å²) in [6.07, 6.45) is 4.54. The van der Waals surface area contributed by atoms with Gasteiger partial charge < -0.3 is 15.6 Å². The summed E-state index contributed by atoms with van der Waals surface area (Å²) in [5, 5.41) is 4.61. The van der Waals surface area contributed by atoms with Crippen LogP contribution in [0.3, 0.4) is 0 Å². The molecule has 0 bridgehead atoms. The summed E-state index contributed by atoms with van der Waals surface area (Å²) in [7, 11) is 1.98. The number of hydrogen-bond donors (Lipinski definition) is 2. The first kappa shape index (κ1) is 13.1. The Balaban J connectivity index is 2.04. The first-order valence-electron chi connectivity index (χ1n) is 6.31. The number of halogens is 1. The highest BCUT2D eigenvalue weighted by molar-refractivity contribution is 9.10. The zero-order valence-corrected chi connectivity index (χ0v) is 12.6. The zero-order valence-electron chi connectivity index (χ0n) is 11.0. The maximum atomic E-state index is 5.59. The van der Waals surface area contributed by atoms with Crippen LogP contribution < -0.4 is 10.6 Å². The molecule has 3 aromatic heterocycles. The van der Waals surface area contributed by atoms with Crippen molar-refractivity contribution < 1.29 is 0 Å². The Kier molecular flexibility index (Phi) is 3.45. The molecule has 6 nitrogen and oxygen atoms in total. The summed E-state index contributed by atoms with van der Waals surface area (Å²) in [6.45, 7) is 0.568. The number of hydrogen-bond acceptors (Lipinski definition) is 4. The second-order valence-electron chi connectivity index (χ2n) is 4.48. The van der Waals surface area contributed by atoms with E-state index < -0.39 is 0 Å². The molecule has 3 rings (SSSR count). The van der Waals surface area contributed by atoms with Gasteiger partial charge in [0.25, 0.3) is 0 Å². The molecule has 3 aromatic rings. The van der Waals surface area contributed by atoms with Gasteiger partial charge in [-0.15, -0.1) is 5.10 Å². The van der Waals surface area contributed by atoms with Gasteiger partial charge in [0.2, 0.25) is 0 Å². The molecular formula is C13H15BrN6. The maximum absolute atomic E-state index is 5.59. The number of imidazole rings is 1. The monoisotopic (exact) mass is 334 g/mol. The average Bonchev–Trinajstić information content (AvgIpc) is 3.08. The normalized spacial score (nSPS) is 11.2. The highest BCUT2D eigenvalue weighted by Crippen LogP contribution is 2.24. The molecule has 20 heavy (non-hydrogen) atoms. The zero-order chi connectivity index (χ0) is 14.1. The molecule has 0 aromatic carbocycles. The molecule has 7 heteroatoms. The number of nitrogens with zero attached hydrogens (tertiary/aromatic N) is 4. The van der Waals surface area contributed by atoms with E-state index in [9.17, 15) is 0 Å². The molecule has 0 saturated heterocycles. The lowest BCUT2D eigenvalue weighted by molar-refractivity contribution is 0.881. The Morgan fingerprint density at radius 3 is 2.95 bits per heavy atom. The molecule has 0 radical (unpaired) electrons. The van der Waals surface area contributed by atoms with E-state index >= 15 is 0 Å². The van der Waals surface area contributed by atoms with Gasteiger partial charge in [-0.2, -0.15) is 0 Å². The predicted molar refractivity (Wildman–Crippen MR) is 82.3 cm³/mol. The van der Waals surface area contributed by atoms with Gasteiger partial charge in [-0.1, -0.05) is 0 Å². The van der Waals surface area contributed by atoms with E-state index in [-0.39, 0.29) is 0 Å². The molecule has 3 N–H and O–H groups in total. The van der Waals surface area contributed by atoms with E-state index in [1.807, 2.05) is 42.5 Å². The Hall–Kier alpha value is -1.86. The third kappa shape index (κ3) is 2.19. The van der Waals surface area contributed by atoms with Crippen molar-refractivity contribution in [2.75, 3.05) is 18.5 Å². The molecule has 0 aliphatic carbocycles. The van der Waals surface area contributed by atoms with Crippen molar-refractivity contribution in [1.82, 2.24) is 19.6 Å². The number of fused-ring (bicyclic) bond motifs is 1. The van der Waals surface area contributed by atoms with Crippen LogP contribution in [-0.4, -0.2) is 33.2 Å². The average molecular weight is 335 g/mol. The van der Waals surface area contributed by atoms with Gasteiger partial charge in [0.15, 0.2) is 11.5 Å². The second-order valence-corrected chi connectivity index (χ2v) is 5.23. The molecule has 104 valence electrons. The van der Waals surface area contributed by atoms with Crippen molar-refractivity contribution in [2.24, 2.45) is 5.73 Å². The molecule has 0 unspecified atom stereocenters. The molecule has 3 heterocycles. The Labute approximate surface area is 124 Å². The van der Waals surface area contributed by atoms with Crippen molar-refractivity contribution in [3.63, 3.8) is 0 Å². The fraction of sp³-hybridized carbons (Fsp3) is 0.231. The predicted octanol–water partition coefficient (Wildman–Crippen LogP) is 2.09. The third-order valence-electron chi connectivity index (χ3n) is 3.17. The number of anilines is 2. The summed E-state index contributed by atoms with van der Waals surface area (Å²) in [6, 6.07) is 5.90. The van der Waals surface area contributed by atoms with Crippen LogP contribution in [-0.2, 0) is 6.42 Å². The lowest BCUT2D eigenvalue weighted by Crippen LogP contribution is -2.12. The molecule has 0 atom stereocenters. The first-order valence-corrected chi connectivity index (χ1v) is 7.10. The minimum absolute atomic E-state index is 0.568. The van der Waals surface area contributed by atoms with Crippen LogP contribution in [0.1, 0.15) is 5.69 Å². The molecule has 0 aliphatic rings. The van der Waals surface area contributed by atoms with Crippen LogP contribution in [0, 0.1) is 0 Å². The van der Waals surface area contributed by atoms with Crippen LogP contribution in [0.25, 0.3) is 5.65 Å². The van der Waals surface area contributed by atoms with Crippen molar-refractivity contribution >= 4 is 33.1 Å². The topological polar surface area (TPSA) is 75.2 Å². The van der Waals surface area contributed by atoms with E-state index in [1.165, 1.54) is 0 Å². The molecule has 0 saturated carbocycles. The number of aromatic amines is 1. The van der Waals surface area contributed by atoms with E-state index in [0.29, 0.717) is 6.54 Å². The van der Waals surface area contributed by atoms with Crippen LogP contribution in [0.5, 0.6) is 0 Å². The van der Waals surface area contributed by atoms with Crippen LogP contribution in [0.15, 0.2) is 35.2 Å². The summed E-state index contributed by atoms with van der Waals surface area (Å²) in [5.74, 6) is 0.842. The molecule has 0 aliphatic heterocycles. The molecular weight excluding hydrogens is 320 g/mol. The summed E-state index contributed by atoms with van der Waals surface area (Å²) in [5.41, 5.74) is 8.39. The summed E-state index contributed by atoms with van der Waals surface area (Å²) in [4.78, 5) is 9.56. The largest absolute Gasteiger partial charge is 0.366 e. The molecule has 0 amide bonds. The highest BCUT2D eigenvalue weighted by Gasteiger charge is 2.12. The lowest BCUT2D eigenvalue weighted by Gasteiger charge is -2.16. The SMILES string of the molecule is CN(c1cc[nH]c1)c1ccc2nc(CCN)c(Br)n2n1. The minimum atomic E-state index is 0.568. The number of aromatic nitrogens is 4. The van der Waals surface area contributed by atoms with E-state index in [1.54, 1.807) is 4.52 Å². The number of H-pyrrole nitrogens is 1. The van der Waals surface area contributed by atoms with E-state index in [0.717, 1.165) is 33.9 Å². The smallest absolute Gasteiger partial charge is 0.155 e. The van der Waals surface area contributed by atoms with Crippen molar-refractivity contribution in [2.45, 2.75) is 6.42 Å². The highest BCUT2D eigenvalue weighted by atomic mass is 79.9. The van der Waals surface area contributed by atoms with Gasteiger partial charge in [-0.3, -0.25) is 0 Å². The second kappa shape index (κ2) is 5.26. The molecule has 0 spiro atoms. The Bertz CT molecular complexity index is 718. The lowest BCUT2D eigenvalue weighted by atomic mass is 10.3. The van der Waals surface area contributed by atoms with Gasteiger partial charge in [-0.25, -0.2) is 9.50 Å². The fourth-order valence-corrected chi connectivity index (χ4v) is 2.62. The summed E-state index contributed by atoms with van der Waals surface area (Å²) < 4.78 is 2.66. The van der Waals surface area contributed by atoms with Crippen molar-refractivity contribution in [1.29, 1.82) is 0 Å². The van der Waals surface area contributed by atoms with Gasteiger partial charge in [0.1, 0.15) is 4.60 Å². The Morgan fingerprint density at radius 1 is 1.40 bits per heavy atom. The number of nitrogens with two attached hydrogens (primary N) is 1. The van der Waals surface area contributed by atoms with Gasteiger partial charge in [-0.05, 0) is 40.7 Å². The third-order valence-corrected chi connectivity index (χ3v) is 3.96. The quantitative estimate of drug-likeness (QED) is 0.766. The Morgan fingerprint density at radius 2 is 2.25 bits per heavy atom. The van der Waals surface area contributed by atoms with Crippen molar-refractivity contribution in [3.05, 3.63) is 40.9 Å². The van der Waals surface area contributed by atoms with Crippen LogP contribution in [0.4, 0.5) is 11.5 Å². The van der Waals surface area contributed by atoms with Crippen LogP contribution in [0.2, 0.25) is 0 Å². The summed E-state index contributed by atoms with van der Waals surface area (Å²) >= 11 is 3.54. The van der Waals surface area contributed by atoms with Gasteiger partial charge in [0, 0.05) is 25.9 Å². The number of rotatable bonds is 4. The van der Waals surface area contributed by atoms with Crippen LogP contribution >= 0.6 is 15.9 Å². The standard InChI is InChI=1S/C13H15BrN6/c1-19(9-5-7-16-8-9)12-3-2-11-17-10(4-6-15)13(14)20(11)18-12/h2-3,5,7-8,16H,4,6,15H2,1H3.